The minimum Gasteiger partial charge on any atom is -0.309 e. The Kier molecular flexibility index (Phi) is 6.22. The summed E-state index contributed by atoms with van der Waals surface area (Å²) >= 11 is 0. The fourth-order valence-corrected chi connectivity index (χ4v) is 7.25. The Hall–Kier alpha value is -6.88. The lowest BCUT2D eigenvalue weighted by Crippen LogP contribution is -1.98. The van der Waals surface area contributed by atoms with Crippen LogP contribution < -0.4 is 0 Å². The number of benzene rings is 7. The van der Waals surface area contributed by atoms with E-state index in [-0.39, 0.29) is 0 Å². The summed E-state index contributed by atoms with van der Waals surface area (Å²) in [5.41, 5.74) is 11.7. The van der Waals surface area contributed by atoms with Gasteiger partial charge in [-0.1, -0.05) is 84.9 Å². The van der Waals surface area contributed by atoms with E-state index in [1.807, 2.05) is 42.5 Å². The van der Waals surface area contributed by atoms with Crippen molar-refractivity contribution in [1.29, 1.82) is 10.5 Å². The highest BCUT2D eigenvalue weighted by molar-refractivity contribution is 6.10. The number of rotatable bonds is 4. The van der Waals surface area contributed by atoms with E-state index < -0.39 is 0 Å². The summed E-state index contributed by atoms with van der Waals surface area (Å²) in [5.74, 6) is 0. The van der Waals surface area contributed by atoms with E-state index in [4.69, 9.17) is 0 Å². The second kappa shape index (κ2) is 10.9. The SMILES string of the molecule is N#Cc1cc(-c2cccc(-n3c4ccccc4c4cc(C#N)ccc43)c2)cc(-c2ccccc2-n2c3ccccc3c3ccccc32)c1. The highest BCUT2D eigenvalue weighted by atomic mass is 15.0. The number of hydrogen-bond donors (Lipinski definition) is 0. The summed E-state index contributed by atoms with van der Waals surface area (Å²) in [6.45, 7) is 0. The van der Waals surface area contributed by atoms with Crippen molar-refractivity contribution in [2.75, 3.05) is 0 Å². The van der Waals surface area contributed by atoms with E-state index in [1.165, 1.54) is 10.8 Å². The summed E-state index contributed by atoms with van der Waals surface area (Å²) in [6.07, 6.45) is 0. The molecule has 0 aliphatic carbocycles. The van der Waals surface area contributed by atoms with Crippen molar-refractivity contribution in [3.8, 4) is 45.8 Å². The smallest absolute Gasteiger partial charge is 0.0992 e. The maximum absolute atomic E-state index is 10.2. The average molecular weight is 611 g/mol. The number of hydrogen-bond acceptors (Lipinski definition) is 2. The number of aromatic nitrogens is 2. The molecule has 222 valence electrons. The van der Waals surface area contributed by atoms with Gasteiger partial charge in [-0.2, -0.15) is 10.5 Å². The molecule has 2 heterocycles. The second-order valence-electron chi connectivity index (χ2n) is 12.0. The predicted molar refractivity (Wildman–Crippen MR) is 195 cm³/mol. The van der Waals surface area contributed by atoms with Crippen molar-refractivity contribution < 1.29 is 0 Å². The van der Waals surface area contributed by atoms with Crippen LogP contribution in [0.4, 0.5) is 0 Å². The van der Waals surface area contributed by atoms with Crippen LogP contribution in [-0.2, 0) is 0 Å². The summed E-state index contributed by atoms with van der Waals surface area (Å²) in [4.78, 5) is 0. The van der Waals surface area contributed by atoms with Crippen molar-refractivity contribution in [1.82, 2.24) is 9.13 Å². The molecule has 0 amide bonds. The maximum Gasteiger partial charge on any atom is 0.0992 e. The van der Waals surface area contributed by atoms with E-state index in [2.05, 4.69) is 137 Å². The molecule has 9 aromatic rings. The molecule has 0 spiro atoms. The molecule has 0 saturated heterocycles. The van der Waals surface area contributed by atoms with Gasteiger partial charge in [-0.25, -0.2) is 0 Å². The molecule has 4 heteroatoms. The number of nitrogens with zero attached hydrogens (tertiary/aromatic N) is 4. The Morgan fingerprint density at radius 2 is 0.958 bits per heavy atom. The first-order valence-corrected chi connectivity index (χ1v) is 15.9. The quantitative estimate of drug-likeness (QED) is 0.199. The standard InChI is InChI=1S/C44H26N4/c45-27-29-20-21-44-39(24-29)38-15-4-6-17-41(38)47(44)34-11-9-10-31(26-34)32-22-30(28-46)23-33(25-32)35-12-1-5-16-40(35)48-42-18-7-2-13-36(42)37-14-3-8-19-43(37)48/h1-26H. The lowest BCUT2D eigenvalue weighted by molar-refractivity contribution is 1.18. The lowest BCUT2D eigenvalue weighted by Gasteiger charge is -2.16. The molecule has 0 saturated carbocycles. The normalized spacial score (nSPS) is 11.3. The minimum absolute atomic E-state index is 0.603. The summed E-state index contributed by atoms with van der Waals surface area (Å²) in [6, 6.07) is 59.0. The van der Waals surface area contributed by atoms with Gasteiger partial charge in [-0.15, -0.1) is 0 Å². The van der Waals surface area contributed by atoms with E-state index in [9.17, 15) is 10.5 Å². The predicted octanol–water partition coefficient (Wildman–Crippen LogP) is 11.0. The minimum atomic E-state index is 0.603. The van der Waals surface area contributed by atoms with Crippen LogP contribution in [-0.4, -0.2) is 9.13 Å². The van der Waals surface area contributed by atoms with E-state index in [0.29, 0.717) is 11.1 Å². The summed E-state index contributed by atoms with van der Waals surface area (Å²) in [7, 11) is 0. The maximum atomic E-state index is 10.2. The zero-order valence-electron chi connectivity index (χ0n) is 25.8. The van der Waals surface area contributed by atoms with Crippen molar-refractivity contribution in [3.05, 3.63) is 169 Å². The van der Waals surface area contributed by atoms with Gasteiger partial charge in [0.05, 0.1) is 51.0 Å². The van der Waals surface area contributed by atoms with E-state index in [0.717, 1.165) is 66.5 Å². The van der Waals surface area contributed by atoms with Gasteiger partial charge in [0.1, 0.15) is 0 Å². The van der Waals surface area contributed by atoms with Crippen LogP contribution in [0.2, 0.25) is 0 Å². The molecule has 0 aliphatic rings. The van der Waals surface area contributed by atoms with Gasteiger partial charge in [0.25, 0.3) is 0 Å². The lowest BCUT2D eigenvalue weighted by atomic mass is 9.95. The molecule has 0 aliphatic heterocycles. The molecule has 4 nitrogen and oxygen atoms in total. The fraction of sp³-hybridized carbons (Fsp3) is 0. The van der Waals surface area contributed by atoms with Crippen LogP contribution >= 0.6 is 0 Å². The highest BCUT2D eigenvalue weighted by Gasteiger charge is 2.17. The van der Waals surface area contributed by atoms with Gasteiger partial charge in [-0.05, 0) is 89.5 Å². The average Bonchev–Trinajstić information content (AvgIpc) is 3.67. The molecule has 48 heavy (non-hydrogen) atoms. The third-order valence-corrected chi connectivity index (χ3v) is 9.34. The molecule has 2 aromatic heterocycles. The monoisotopic (exact) mass is 610 g/mol. The zero-order valence-corrected chi connectivity index (χ0v) is 25.8. The first kappa shape index (κ1) is 27.4. The molecule has 0 bridgehead atoms. The van der Waals surface area contributed by atoms with E-state index >= 15 is 0 Å². The first-order chi connectivity index (χ1) is 23.7. The molecule has 0 N–H and O–H groups in total. The van der Waals surface area contributed by atoms with Crippen molar-refractivity contribution >= 4 is 43.6 Å². The molecular formula is C44H26N4. The van der Waals surface area contributed by atoms with Crippen LogP contribution in [0.15, 0.2) is 158 Å². The number of fused-ring (bicyclic) bond motifs is 6. The van der Waals surface area contributed by atoms with Crippen LogP contribution in [0.3, 0.4) is 0 Å². The van der Waals surface area contributed by atoms with Crippen LogP contribution in [0.25, 0.3) is 77.2 Å². The molecule has 7 aromatic carbocycles. The van der Waals surface area contributed by atoms with Crippen molar-refractivity contribution in [2.45, 2.75) is 0 Å². The molecule has 0 atom stereocenters. The Bertz CT molecular complexity index is 2760. The van der Waals surface area contributed by atoms with Crippen molar-refractivity contribution in [2.24, 2.45) is 0 Å². The van der Waals surface area contributed by atoms with Crippen LogP contribution in [0.5, 0.6) is 0 Å². The van der Waals surface area contributed by atoms with Gasteiger partial charge < -0.3 is 9.13 Å². The van der Waals surface area contributed by atoms with Gasteiger partial charge in [0.2, 0.25) is 0 Å². The fourth-order valence-electron chi connectivity index (χ4n) is 7.25. The zero-order chi connectivity index (χ0) is 32.2. The van der Waals surface area contributed by atoms with Gasteiger partial charge in [0, 0.05) is 32.8 Å². The summed E-state index contributed by atoms with van der Waals surface area (Å²) < 4.78 is 4.58. The van der Waals surface area contributed by atoms with Gasteiger partial charge in [0.15, 0.2) is 0 Å². The largest absolute Gasteiger partial charge is 0.309 e. The van der Waals surface area contributed by atoms with Crippen LogP contribution in [0, 0.1) is 22.7 Å². The Morgan fingerprint density at radius 3 is 1.67 bits per heavy atom. The molecular weight excluding hydrogens is 585 g/mol. The highest BCUT2D eigenvalue weighted by Crippen LogP contribution is 2.38. The summed E-state index contributed by atoms with van der Waals surface area (Å²) in [5, 5.41) is 24.4. The third kappa shape index (κ3) is 4.22. The van der Waals surface area contributed by atoms with Crippen LogP contribution in [0.1, 0.15) is 11.1 Å². The second-order valence-corrected chi connectivity index (χ2v) is 12.0. The molecule has 0 radical (unpaired) electrons. The van der Waals surface area contributed by atoms with Crippen molar-refractivity contribution in [3.63, 3.8) is 0 Å². The third-order valence-electron chi connectivity index (χ3n) is 9.34. The Morgan fingerprint density at radius 1 is 0.375 bits per heavy atom. The topological polar surface area (TPSA) is 57.4 Å². The number of nitriles is 2. The molecule has 0 fully saturated rings. The van der Waals surface area contributed by atoms with E-state index in [1.54, 1.807) is 0 Å². The van der Waals surface area contributed by atoms with Gasteiger partial charge >= 0.3 is 0 Å². The number of para-hydroxylation sites is 4. The van der Waals surface area contributed by atoms with Gasteiger partial charge in [-0.3, -0.25) is 0 Å². The Balaban J connectivity index is 1.23. The molecule has 9 rings (SSSR count). The molecule has 0 unspecified atom stereocenters. The first-order valence-electron chi connectivity index (χ1n) is 15.9. The Labute approximate surface area is 277 Å².